The molecule has 0 atom stereocenters. The smallest absolute Gasteiger partial charge is 0.222 e. The van der Waals surface area contributed by atoms with Crippen molar-refractivity contribution in [3.05, 3.63) is 30.1 Å². The number of hydrogen-bond acceptors (Lipinski definition) is 5. The first kappa shape index (κ1) is 18.0. The fraction of sp³-hybridized carbons (Fsp3) is 0.550. The van der Waals surface area contributed by atoms with Crippen LogP contribution >= 0.6 is 0 Å². The van der Waals surface area contributed by atoms with Crippen LogP contribution in [0.25, 0.3) is 11.4 Å². The Morgan fingerprint density at radius 2 is 1.89 bits per heavy atom. The summed E-state index contributed by atoms with van der Waals surface area (Å²) in [6, 6.07) is 8.00. The normalized spacial score (nSPS) is 19.1. The highest BCUT2D eigenvalue weighted by atomic mass is 16.5. The van der Waals surface area contributed by atoms with Crippen LogP contribution in [-0.2, 0) is 16.9 Å². The number of carbonyl (C=O) groups excluding carboxylic acids is 1. The number of aromatic nitrogens is 3. The monoisotopic (exact) mass is 369 g/mol. The van der Waals surface area contributed by atoms with Crippen LogP contribution in [-0.4, -0.2) is 64.3 Å². The van der Waals surface area contributed by atoms with Gasteiger partial charge in [0.15, 0.2) is 5.82 Å². The van der Waals surface area contributed by atoms with Gasteiger partial charge in [-0.15, -0.1) is 10.2 Å². The minimum Gasteiger partial charge on any atom is -0.497 e. The van der Waals surface area contributed by atoms with Crippen molar-refractivity contribution in [1.29, 1.82) is 0 Å². The first-order valence-corrected chi connectivity index (χ1v) is 9.62. The molecule has 144 valence electrons. The third-order valence-electron chi connectivity index (χ3n) is 5.88. The largest absolute Gasteiger partial charge is 0.497 e. The molecule has 7 heteroatoms. The molecule has 1 aromatic heterocycles. The van der Waals surface area contributed by atoms with Crippen LogP contribution < -0.4 is 4.74 Å². The molecule has 0 saturated carbocycles. The molecule has 2 aliphatic heterocycles. The SMILES string of the molecule is CCC(=O)N1CCC2(CC1)CN(C)Cc1nnc(-c3ccc(OC)cc3)n12. The van der Waals surface area contributed by atoms with Gasteiger partial charge in [-0.3, -0.25) is 9.69 Å². The lowest BCUT2D eigenvalue weighted by Crippen LogP contribution is -2.55. The zero-order valence-electron chi connectivity index (χ0n) is 16.3. The van der Waals surface area contributed by atoms with E-state index in [4.69, 9.17) is 4.74 Å². The van der Waals surface area contributed by atoms with E-state index < -0.39 is 0 Å². The minimum atomic E-state index is -0.0639. The molecular formula is C20H27N5O2. The maximum atomic E-state index is 12.1. The van der Waals surface area contributed by atoms with Gasteiger partial charge in [0.2, 0.25) is 5.91 Å². The molecule has 0 N–H and O–H groups in total. The lowest BCUT2D eigenvalue weighted by Gasteiger charge is -2.48. The maximum Gasteiger partial charge on any atom is 0.222 e. The van der Waals surface area contributed by atoms with Gasteiger partial charge in [0.05, 0.1) is 19.2 Å². The number of fused-ring (bicyclic) bond motifs is 2. The van der Waals surface area contributed by atoms with Crippen LogP contribution in [0.15, 0.2) is 24.3 Å². The number of amides is 1. The van der Waals surface area contributed by atoms with Gasteiger partial charge in [-0.1, -0.05) is 6.92 Å². The third kappa shape index (κ3) is 3.10. The van der Waals surface area contributed by atoms with Gasteiger partial charge < -0.3 is 14.2 Å². The van der Waals surface area contributed by atoms with Crippen molar-refractivity contribution in [1.82, 2.24) is 24.6 Å². The topological polar surface area (TPSA) is 63.5 Å². The fourth-order valence-electron chi connectivity index (χ4n) is 4.49. The highest BCUT2D eigenvalue weighted by molar-refractivity contribution is 5.75. The van der Waals surface area contributed by atoms with E-state index in [-0.39, 0.29) is 11.4 Å². The van der Waals surface area contributed by atoms with Crippen LogP contribution in [0.4, 0.5) is 0 Å². The van der Waals surface area contributed by atoms with Crippen molar-refractivity contribution in [3.63, 3.8) is 0 Å². The van der Waals surface area contributed by atoms with Gasteiger partial charge in [-0.2, -0.15) is 0 Å². The Kier molecular flexibility index (Phi) is 4.63. The number of likely N-dealkylation sites (N-methyl/N-ethyl adjacent to an activating group) is 1. The summed E-state index contributed by atoms with van der Waals surface area (Å²) in [5, 5.41) is 9.05. The number of ether oxygens (including phenoxy) is 1. The molecule has 7 nitrogen and oxygen atoms in total. The predicted molar refractivity (Wildman–Crippen MR) is 102 cm³/mol. The molecule has 2 aromatic rings. The highest BCUT2D eigenvalue weighted by Gasteiger charge is 2.44. The molecule has 0 radical (unpaired) electrons. The van der Waals surface area contributed by atoms with Gasteiger partial charge in [0, 0.05) is 31.6 Å². The van der Waals surface area contributed by atoms with Crippen LogP contribution in [0.3, 0.4) is 0 Å². The Hall–Kier alpha value is -2.41. The first-order valence-electron chi connectivity index (χ1n) is 9.62. The molecule has 1 aromatic carbocycles. The van der Waals surface area contributed by atoms with E-state index in [1.165, 1.54) is 0 Å². The van der Waals surface area contributed by atoms with E-state index in [9.17, 15) is 4.79 Å². The number of likely N-dealkylation sites (tertiary alicyclic amines) is 1. The lowest BCUT2D eigenvalue weighted by molar-refractivity contribution is -0.133. The molecule has 27 heavy (non-hydrogen) atoms. The van der Waals surface area contributed by atoms with Crippen molar-refractivity contribution in [2.24, 2.45) is 0 Å². The molecule has 2 aliphatic rings. The molecule has 1 fully saturated rings. The number of nitrogens with zero attached hydrogens (tertiary/aromatic N) is 5. The fourth-order valence-corrected chi connectivity index (χ4v) is 4.49. The summed E-state index contributed by atoms with van der Waals surface area (Å²) in [4.78, 5) is 16.4. The van der Waals surface area contributed by atoms with Gasteiger partial charge in [0.1, 0.15) is 11.6 Å². The van der Waals surface area contributed by atoms with Crippen molar-refractivity contribution in [2.45, 2.75) is 38.3 Å². The minimum absolute atomic E-state index is 0.0639. The molecular weight excluding hydrogens is 342 g/mol. The first-order chi connectivity index (χ1) is 13.1. The van der Waals surface area contributed by atoms with E-state index in [0.29, 0.717) is 6.42 Å². The second-order valence-corrected chi connectivity index (χ2v) is 7.63. The summed E-state index contributed by atoms with van der Waals surface area (Å²) in [5.41, 5.74) is 0.983. The van der Waals surface area contributed by atoms with Gasteiger partial charge in [0.25, 0.3) is 0 Å². The molecule has 0 bridgehead atoms. The van der Waals surface area contributed by atoms with E-state index in [0.717, 1.165) is 62.0 Å². The van der Waals surface area contributed by atoms with Crippen LogP contribution in [0.2, 0.25) is 0 Å². The van der Waals surface area contributed by atoms with Crippen LogP contribution in [0, 0.1) is 0 Å². The average molecular weight is 369 g/mol. The number of carbonyl (C=O) groups is 1. The van der Waals surface area contributed by atoms with E-state index >= 15 is 0 Å². The van der Waals surface area contributed by atoms with E-state index in [1.807, 2.05) is 36.1 Å². The molecule has 0 aliphatic carbocycles. The molecule has 1 spiro atoms. The predicted octanol–water partition coefficient (Wildman–Crippen LogP) is 2.13. The summed E-state index contributed by atoms with van der Waals surface area (Å²) >= 11 is 0. The van der Waals surface area contributed by atoms with E-state index in [1.54, 1.807) is 7.11 Å². The summed E-state index contributed by atoms with van der Waals surface area (Å²) in [6.45, 7) is 5.26. The Labute approximate surface area is 159 Å². The third-order valence-corrected chi connectivity index (χ3v) is 5.88. The standard InChI is InChI=1S/C20H27N5O2/c1-4-18(26)24-11-9-20(10-12-24)14-23(2)13-17-21-22-19(25(17)20)15-5-7-16(27-3)8-6-15/h5-8H,4,9-14H2,1-3H3. The Morgan fingerprint density at radius 1 is 1.19 bits per heavy atom. The molecule has 3 heterocycles. The lowest BCUT2D eigenvalue weighted by atomic mass is 9.84. The Balaban J connectivity index is 1.70. The number of piperidine rings is 1. The van der Waals surface area contributed by atoms with Crippen molar-refractivity contribution in [2.75, 3.05) is 33.8 Å². The van der Waals surface area contributed by atoms with Crippen LogP contribution in [0.5, 0.6) is 5.75 Å². The highest BCUT2D eigenvalue weighted by Crippen LogP contribution is 2.39. The van der Waals surface area contributed by atoms with Crippen LogP contribution in [0.1, 0.15) is 32.0 Å². The van der Waals surface area contributed by atoms with Gasteiger partial charge >= 0.3 is 0 Å². The number of rotatable bonds is 3. The molecule has 1 amide bonds. The van der Waals surface area contributed by atoms with E-state index in [2.05, 4.69) is 26.7 Å². The number of methoxy groups -OCH3 is 1. The summed E-state index contributed by atoms with van der Waals surface area (Å²) in [6.07, 6.45) is 2.43. The van der Waals surface area contributed by atoms with Gasteiger partial charge in [-0.05, 0) is 44.2 Å². The average Bonchev–Trinajstić information content (AvgIpc) is 3.12. The summed E-state index contributed by atoms with van der Waals surface area (Å²) in [7, 11) is 3.81. The van der Waals surface area contributed by atoms with Gasteiger partial charge in [-0.25, -0.2) is 0 Å². The molecule has 1 saturated heterocycles. The molecule has 4 rings (SSSR count). The maximum absolute atomic E-state index is 12.1. The second-order valence-electron chi connectivity index (χ2n) is 7.63. The zero-order chi connectivity index (χ0) is 19.0. The number of benzene rings is 1. The zero-order valence-corrected chi connectivity index (χ0v) is 16.3. The number of hydrogen-bond donors (Lipinski definition) is 0. The van der Waals surface area contributed by atoms with Crippen molar-refractivity contribution >= 4 is 5.91 Å². The summed E-state index contributed by atoms with van der Waals surface area (Å²) < 4.78 is 7.63. The molecule has 0 unspecified atom stereocenters. The Bertz CT molecular complexity index is 821. The quantitative estimate of drug-likeness (QED) is 0.829. The van der Waals surface area contributed by atoms with Crippen molar-refractivity contribution in [3.8, 4) is 17.1 Å². The summed E-state index contributed by atoms with van der Waals surface area (Å²) in [5.74, 6) is 2.99. The second kappa shape index (κ2) is 6.96. The van der Waals surface area contributed by atoms with Crippen molar-refractivity contribution < 1.29 is 9.53 Å². The Morgan fingerprint density at radius 3 is 2.52 bits per heavy atom.